The first kappa shape index (κ1) is 24.1. The molecule has 12 heteroatoms. The summed E-state index contributed by atoms with van der Waals surface area (Å²) in [7, 11) is -9.75. The zero-order valence-electron chi connectivity index (χ0n) is 17.0. The van der Waals surface area contributed by atoms with Gasteiger partial charge in [-0.15, -0.1) is 0 Å². The largest absolute Gasteiger partial charge is 0.329 e. The van der Waals surface area contributed by atoms with Gasteiger partial charge < -0.3 is 10.6 Å². The van der Waals surface area contributed by atoms with Crippen LogP contribution in [0, 0.1) is 6.92 Å². The Morgan fingerprint density at radius 2 is 1.27 bits per heavy atom. The van der Waals surface area contributed by atoms with Crippen LogP contribution in [0.2, 0.25) is 0 Å². The Kier molecular flexibility index (Phi) is 6.65. The van der Waals surface area contributed by atoms with E-state index < -0.39 is 35.9 Å². The Balaban J connectivity index is 2.12. The zero-order chi connectivity index (χ0) is 24.4. The molecule has 172 valence electrons. The monoisotopic (exact) mass is 490 g/mol. The zero-order valence-corrected chi connectivity index (χ0v) is 18.6. The average Bonchev–Trinajstić information content (AvgIpc) is 2.73. The van der Waals surface area contributed by atoms with Crippen molar-refractivity contribution in [2.75, 3.05) is 10.6 Å². The number of carbonyl (C=O) groups excluding carboxylic acids is 2. The van der Waals surface area contributed by atoms with Crippen LogP contribution in [0.3, 0.4) is 0 Å². The topological polar surface area (TPSA) is 167 Å². The third-order valence-corrected chi connectivity index (χ3v) is 6.39. The first-order valence-corrected chi connectivity index (χ1v) is 12.1. The highest BCUT2D eigenvalue weighted by molar-refractivity contribution is 7.86. The van der Waals surface area contributed by atoms with Crippen molar-refractivity contribution >= 4 is 43.9 Å². The van der Waals surface area contributed by atoms with E-state index in [4.69, 9.17) is 0 Å². The molecule has 0 bridgehead atoms. The Bertz CT molecular complexity index is 1450. The number of hydrogen-bond donors (Lipinski definition) is 4. The van der Waals surface area contributed by atoms with Gasteiger partial charge in [0.25, 0.3) is 26.1 Å². The number of nitrogens with one attached hydrogen (secondary N) is 2. The fraction of sp³-hybridized carbons (Fsp3) is 0.0476. The number of aryl methyl sites for hydroxylation is 1. The number of benzene rings is 3. The summed E-state index contributed by atoms with van der Waals surface area (Å²) >= 11 is 0. The molecule has 33 heavy (non-hydrogen) atoms. The van der Waals surface area contributed by atoms with Crippen LogP contribution in [0.25, 0.3) is 11.1 Å². The standard InChI is InChI=1S/C21H18N2O8S2/c1-13-2-4-14(5-3-13)21(25)23-16-7-9-18(20(11-16)33(29,30)31)17-8-6-15(22-12-24)10-19(17)32(26,27)28/h2-12H,1H3,(H,22,24)(H,23,25)(H,26,27,28)(H,29,30,31). The Hall–Kier alpha value is -3.58. The van der Waals surface area contributed by atoms with Crippen LogP contribution in [0.5, 0.6) is 0 Å². The lowest BCUT2D eigenvalue weighted by molar-refractivity contribution is -0.105. The lowest BCUT2D eigenvalue weighted by Crippen LogP contribution is -2.13. The van der Waals surface area contributed by atoms with E-state index in [-0.39, 0.29) is 28.9 Å². The summed E-state index contributed by atoms with van der Waals surface area (Å²) in [5.41, 5.74) is 0.786. The van der Waals surface area contributed by atoms with E-state index in [1.54, 1.807) is 24.3 Å². The van der Waals surface area contributed by atoms with Gasteiger partial charge >= 0.3 is 0 Å². The van der Waals surface area contributed by atoms with Crippen molar-refractivity contribution in [1.82, 2.24) is 0 Å². The number of carbonyl (C=O) groups is 2. The van der Waals surface area contributed by atoms with E-state index in [0.29, 0.717) is 5.56 Å². The van der Waals surface area contributed by atoms with Crippen LogP contribution >= 0.6 is 0 Å². The minimum Gasteiger partial charge on any atom is -0.329 e. The molecule has 0 atom stereocenters. The molecule has 3 rings (SSSR count). The molecule has 4 N–H and O–H groups in total. The highest BCUT2D eigenvalue weighted by atomic mass is 32.2. The molecule has 0 aliphatic carbocycles. The van der Waals surface area contributed by atoms with Crippen LogP contribution in [-0.2, 0) is 25.0 Å². The molecule has 0 spiro atoms. The van der Waals surface area contributed by atoms with Crippen molar-refractivity contribution in [3.63, 3.8) is 0 Å². The van der Waals surface area contributed by atoms with E-state index in [1.807, 2.05) is 6.92 Å². The van der Waals surface area contributed by atoms with Crippen molar-refractivity contribution in [2.45, 2.75) is 16.7 Å². The summed E-state index contributed by atoms with van der Waals surface area (Å²) < 4.78 is 67.3. The molecule has 0 saturated heterocycles. The van der Waals surface area contributed by atoms with E-state index in [0.717, 1.165) is 23.8 Å². The molecule has 0 aromatic heterocycles. The van der Waals surface area contributed by atoms with Gasteiger partial charge in [-0.3, -0.25) is 18.7 Å². The third kappa shape index (κ3) is 5.62. The van der Waals surface area contributed by atoms with Crippen LogP contribution in [0.1, 0.15) is 15.9 Å². The van der Waals surface area contributed by atoms with Crippen molar-refractivity contribution in [3.05, 3.63) is 71.8 Å². The summed E-state index contributed by atoms with van der Waals surface area (Å²) in [5.74, 6) is -0.535. The molecular formula is C21H18N2O8S2. The molecule has 0 saturated carbocycles. The van der Waals surface area contributed by atoms with E-state index >= 15 is 0 Å². The molecule has 0 radical (unpaired) electrons. The number of rotatable bonds is 7. The smallest absolute Gasteiger partial charge is 0.295 e. The lowest BCUT2D eigenvalue weighted by atomic mass is 10.0. The van der Waals surface area contributed by atoms with Gasteiger partial charge in [-0.25, -0.2) is 0 Å². The summed E-state index contributed by atoms with van der Waals surface area (Å²) in [5, 5.41) is 4.73. The molecule has 2 amide bonds. The second-order valence-electron chi connectivity index (χ2n) is 6.95. The van der Waals surface area contributed by atoms with Gasteiger partial charge in [0, 0.05) is 28.1 Å². The fourth-order valence-corrected chi connectivity index (χ4v) is 4.52. The van der Waals surface area contributed by atoms with Gasteiger partial charge in [0.05, 0.1) is 0 Å². The predicted octanol–water partition coefficient (Wildman–Crippen LogP) is 2.98. The molecule has 0 unspecified atom stereocenters. The summed E-state index contributed by atoms with van der Waals surface area (Å²) in [6.07, 6.45) is 0.290. The second-order valence-corrected chi connectivity index (χ2v) is 9.73. The summed E-state index contributed by atoms with van der Waals surface area (Å²) in [6, 6.07) is 13.4. The maximum atomic E-state index is 12.5. The molecule has 0 aliphatic rings. The maximum absolute atomic E-state index is 12.5. The SMILES string of the molecule is Cc1ccc(C(=O)Nc2ccc(-c3ccc(NC=O)cc3S(=O)(=O)O)c(S(=O)(=O)O)c2)cc1. The maximum Gasteiger partial charge on any atom is 0.295 e. The highest BCUT2D eigenvalue weighted by Crippen LogP contribution is 2.35. The van der Waals surface area contributed by atoms with Crippen molar-refractivity contribution in [2.24, 2.45) is 0 Å². The lowest BCUT2D eigenvalue weighted by Gasteiger charge is -2.14. The third-order valence-electron chi connectivity index (χ3n) is 4.61. The molecule has 3 aromatic carbocycles. The highest BCUT2D eigenvalue weighted by Gasteiger charge is 2.24. The van der Waals surface area contributed by atoms with Gasteiger partial charge in [-0.1, -0.05) is 29.8 Å². The predicted molar refractivity (Wildman–Crippen MR) is 120 cm³/mol. The minimum atomic E-state index is -4.89. The quantitative estimate of drug-likeness (QED) is 0.290. The van der Waals surface area contributed by atoms with Gasteiger partial charge in [0.2, 0.25) is 6.41 Å². The number of hydrogen-bond acceptors (Lipinski definition) is 6. The molecule has 0 aliphatic heterocycles. The molecule has 0 fully saturated rings. The Labute approximate surface area is 189 Å². The van der Waals surface area contributed by atoms with E-state index in [1.165, 1.54) is 18.2 Å². The van der Waals surface area contributed by atoms with Gasteiger partial charge in [-0.05, 0) is 43.3 Å². The number of anilines is 2. The first-order chi connectivity index (χ1) is 15.4. The normalized spacial score (nSPS) is 11.6. The summed E-state index contributed by atoms with van der Waals surface area (Å²) in [6.45, 7) is 1.85. The number of amides is 2. The van der Waals surface area contributed by atoms with Crippen molar-refractivity contribution in [1.29, 1.82) is 0 Å². The van der Waals surface area contributed by atoms with Gasteiger partial charge in [0.15, 0.2) is 0 Å². The van der Waals surface area contributed by atoms with Crippen LogP contribution in [-0.4, -0.2) is 38.3 Å². The first-order valence-electron chi connectivity index (χ1n) is 9.22. The van der Waals surface area contributed by atoms with Crippen molar-refractivity contribution in [3.8, 4) is 11.1 Å². The molecule has 0 heterocycles. The Morgan fingerprint density at radius 3 is 1.76 bits per heavy atom. The minimum absolute atomic E-state index is 0.0181. The van der Waals surface area contributed by atoms with Gasteiger partial charge in [-0.2, -0.15) is 16.8 Å². The average molecular weight is 491 g/mol. The molecular weight excluding hydrogens is 472 g/mol. The fourth-order valence-electron chi connectivity index (χ4n) is 3.06. The molecule has 3 aromatic rings. The molecule has 10 nitrogen and oxygen atoms in total. The summed E-state index contributed by atoms with van der Waals surface area (Å²) in [4.78, 5) is 21.7. The van der Waals surface area contributed by atoms with Gasteiger partial charge in [0.1, 0.15) is 9.79 Å². The van der Waals surface area contributed by atoms with Crippen LogP contribution in [0.15, 0.2) is 70.5 Å². The van der Waals surface area contributed by atoms with Crippen LogP contribution in [0.4, 0.5) is 11.4 Å². The Morgan fingerprint density at radius 1 is 0.788 bits per heavy atom. The van der Waals surface area contributed by atoms with E-state index in [2.05, 4.69) is 10.6 Å². The van der Waals surface area contributed by atoms with Crippen LogP contribution < -0.4 is 10.6 Å². The van der Waals surface area contributed by atoms with E-state index in [9.17, 15) is 35.5 Å². The van der Waals surface area contributed by atoms with Crippen molar-refractivity contribution < 1.29 is 35.5 Å². The second kappa shape index (κ2) is 9.11.